The van der Waals surface area contributed by atoms with Crippen LogP contribution in [0.4, 0.5) is 4.79 Å². The second kappa shape index (κ2) is 6.92. The molecule has 1 aliphatic heterocycles. The molecule has 1 saturated heterocycles. The summed E-state index contributed by atoms with van der Waals surface area (Å²) in [5.41, 5.74) is -0.224. The van der Waals surface area contributed by atoms with Gasteiger partial charge in [-0.15, -0.1) is 0 Å². The molecule has 1 aliphatic rings. The second-order valence-electron chi connectivity index (χ2n) is 6.14. The highest BCUT2D eigenvalue weighted by molar-refractivity contribution is 5.82. The minimum atomic E-state index is -0.265. The van der Waals surface area contributed by atoms with Crippen LogP contribution in [0, 0.1) is 0 Å². The van der Waals surface area contributed by atoms with Gasteiger partial charge in [0.05, 0.1) is 12.6 Å². The smallest absolute Gasteiger partial charge is 0.409 e. The summed E-state index contributed by atoms with van der Waals surface area (Å²) in [4.78, 5) is 27.5. The fourth-order valence-electron chi connectivity index (χ4n) is 2.15. The van der Waals surface area contributed by atoms with Gasteiger partial charge in [-0.25, -0.2) is 4.79 Å². The van der Waals surface area contributed by atoms with Gasteiger partial charge in [-0.2, -0.15) is 0 Å². The quantitative estimate of drug-likeness (QED) is 0.842. The third-order valence-electron chi connectivity index (χ3n) is 3.27. The number of nitrogens with zero attached hydrogens (tertiary/aromatic N) is 2. The van der Waals surface area contributed by atoms with Crippen molar-refractivity contribution in [3.05, 3.63) is 0 Å². The van der Waals surface area contributed by atoms with Crippen molar-refractivity contribution in [3.63, 3.8) is 0 Å². The summed E-state index contributed by atoms with van der Waals surface area (Å²) < 4.78 is 4.98. The van der Waals surface area contributed by atoms with Crippen molar-refractivity contribution in [3.8, 4) is 0 Å². The fraction of sp³-hybridized carbons (Fsp3) is 0.857. The Morgan fingerprint density at radius 1 is 1.20 bits per heavy atom. The maximum Gasteiger partial charge on any atom is 0.409 e. The highest BCUT2D eigenvalue weighted by Gasteiger charge is 2.29. The lowest BCUT2D eigenvalue weighted by atomic mass is 10.1. The molecule has 0 unspecified atom stereocenters. The normalized spacial score (nSPS) is 18.6. The third kappa shape index (κ3) is 5.00. The van der Waals surface area contributed by atoms with Crippen molar-refractivity contribution in [2.24, 2.45) is 0 Å². The Labute approximate surface area is 121 Å². The van der Waals surface area contributed by atoms with Crippen molar-refractivity contribution in [2.45, 2.75) is 46.2 Å². The number of ether oxygens (including phenoxy) is 1. The van der Waals surface area contributed by atoms with E-state index in [2.05, 4.69) is 10.2 Å². The van der Waals surface area contributed by atoms with Crippen molar-refractivity contribution in [2.75, 3.05) is 32.8 Å². The lowest BCUT2D eigenvalue weighted by molar-refractivity contribution is -0.127. The van der Waals surface area contributed by atoms with E-state index in [0.29, 0.717) is 32.8 Å². The summed E-state index contributed by atoms with van der Waals surface area (Å²) in [7, 11) is 0. The molecule has 0 bridgehead atoms. The topological polar surface area (TPSA) is 61.9 Å². The molecule has 1 fully saturated rings. The fourth-order valence-corrected chi connectivity index (χ4v) is 2.15. The van der Waals surface area contributed by atoms with Crippen LogP contribution in [-0.2, 0) is 9.53 Å². The number of hydrogen-bond acceptors (Lipinski definition) is 4. The highest BCUT2D eigenvalue weighted by atomic mass is 16.6. The number of hydrogen-bond donors (Lipinski definition) is 1. The third-order valence-corrected chi connectivity index (χ3v) is 3.27. The van der Waals surface area contributed by atoms with Gasteiger partial charge in [0.1, 0.15) is 0 Å². The summed E-state index contributed by atoms with van der Waals surface area (Å²) in [5.74, 6) is 0.0297. The van der Waals surface area contributed by atoms with Gasteiger partial charge in [-0.05, 0) is 34.6 Å². The lowest BCUT2D eigenvalue weighted by Gasteiger charge is -2.37. The molecule has 6 nitrogen and oxygen atoms in total. The van der Waals surface area contributed by atoms with Gasteiger partial charge in [0, 0.05) is 31.7 Å². The number of piperazine rings is 1. The van der Waals surface area contributed by atoms with E-state index in [4.69, 9.17) is 4.74 Å². The summed E-state index contributed by atoms with van der Waals surface area (Å²) in [6.45, 7) is 12.6. The molecule has 1 heterocycles. The van der Waals surface area contributed by atoms with E-state index in [1.54, 1.807) is 11.8 Å². The summed E-state index contributed by atoms with van der Waals surface area (Å²) >= 11 is 0. The molecule has 0 aliphatic carbocycles. The van der Waals surface area contributed by atoms with E-state index >= 15 is 0 Å². The van der Waals surface area contributed by atoms with Gasteiger partial charge < -0.3 is 15.0 Å². The van der Waals surface area contributed by atoms with Crippen LogP contribution in [-0.4, -0.2) is 66.2 Å². The molecule has 0 spiro atoms. The van der Waals surface area contributed by atoms with Gasteiger partial charge in [-0.3, -0.25) is 9.69 Å². The first-order valence-electron chi connectivity index (χ1n) is 7.22. The standard InChI is InChI=1S/C14H27N3O3/c1-6-20-13(19)17-9-7-16(8-10-17)11(2)12(18)15-14(3,4)5/h11H,6-10H2,1-5H3,(H,15,18)/t11-/m0/s1. The van der Waals surface area contributed by atoms with E-state index in [-0.39, 0.29) is 23.6 Å². The Morgan fingerprint density at radius 2 is 1.75 bits per heavy atom. The summed E-state index contributed by atoms with van der Waals surface area (Å²) in [5, 5.41) is 2.98. The van der Waals surface area contributed by atoms with E-state index in [0.717, 1.165) is 0 Å². The van der Waals surface area contributed by atoms with E-state index in [1.807, 2.05) is 27.7 Å². The molecule has 1 rings (SSSR count). The zero-order valence-electron chi connectivity index (χ0n) is 13.2. The minimum Gasteiger partial charge on any atom is -0.450 e. The Hall–Kier alpha value is -1.30. The molecular formula is C14H27N3O3. The molecule has 6 heteroatoms. The van der Waals surface area contributed by atoms with Crippen LogP contribution in [0.1, 0.15) is 34.6 Å². The molecule has 20 heavy (non-hydrogen) atoms. The maximum atomic E-state index is 12.1. The minimum absolute atomic E-state index is 0.0297. The molecule has 116 valence electrons. The Bertz CT molecular complexity index is 344. The number of carbonyl (C=O) groups excluding carboxylic acids is 2. The summed E-state index contributed by atoms with van der Waals surface area (Å²) in [6.07, 6.45) is -0.265. The Balaban J connectivity index is 2.44. The molecule has 0 radical (unpaired) electrons. The molecule has 0 aromatic heterocycles. The zero-order chi connectivity index (χ0) is 15.3. The first kappa shape index (κ1) is 16.8. The van der Waals surface area contributed by atoms with E-state index in [9.17, 15) is 9.59 Å². The molecule has 1 N–H and O–H groups in total. The van der Waals surface area contributed by atoms with Crippen LogP contribution >= 0.6 is 0 Å². The van der Waals surface area contributed by atoms with Crippen molar-refractivity contribution >= 4 is 12.0 Å². The summed E-state index contributed by atoms with van der Waals surface area (Å²) in [6, 6.07) is -0.182. The largest absolute Gasteiger partial charge is 0.450 e. The predicted octanol–water partition coefficient (Wildman–Crippen LogP) is 1.06. The number of amides is 2. The molecule has 0 saturated carbocycles. The predicted molar refractivity (Wildman–Crippen MR) is 77.5 cm³/mol. The van der Waals surface area contributed by atoms with Gasteiger partial charge in [-0.1, -0.05) is 0 Å². The van der Waals surface area contributed by atoms with Crippen LogP contribution in [0.5, 0.6) is 0 Å². The monoisotopic (exact) mass is 285 g/mol. The molecule has 0 aromatic rings. The van der Waals surface area contributed by atoms with Crippen LogP contribution in [0.15, 0.2) is 0 Å². The van der Waals surface area contributed by atoms with Crippen molar-refractivity contribution in [1.82, 2.24) is 15.1 Å². The van der Waals surface area contributed by atoms with Crippen LogP contribution in [0.3, 0.4) is 0 Å². The second-order valence-corrected chi connectivity index (χ2v) is 6.14. The van der Waals surface area contributed by atoms with Crippen molar-refractivity contribution < 1.29 is 14.3 Å². The Morgan fingerprint density at radius 3 is 2.20 bits per heavy atom. The van der Waals surface area contributed by atoms with Gasteiger partial charge in [0.25, 0.3) is 0 Å². The van der Waals surface area contributed by atoms with Crippen LogP contribution < -0.4 is 5.32 Å². The van der Waals surface area contributed by atoms with Crippen LogP contribution in [0.2, 0.25) is 0 Å². The lowest BCUT2D eigenvalue weighted by Crippen LogP contribution is -2.56. The van der Waals surface area contributed by atoms with E-state index in [1.165, 1.54) is 0 Å². The molecular weight excluding hydrogens is 258 g/mol. The zero-order valence-corrected chi connectivity index (χ0v) is 13.2. The number of carbonyl (C=O) groups is 2. The Kier molecular flexibility index (Phi) is 5.80. The number of rotatable bonds is 3. The SMILES string of the molecule is CCOC(=O)N1CCN([C@@H](C)C(=O)NC(C)(C)C)CC1. The molecule has 2 amide bonds. The maximum absolute atomic E-state index is 12.1. The number of nitrogens with one attached hydrogen (secondary N) is 1. The average Bonchev–Trinajstić information content (AvgIpc) is 2.36. The van der Waals surface area contributed by atoms with Gasteiger partial charge >= 0.3 is 6.09 Å². The molecule has 0 aromatic carbocycles. The van der Waals surface area contributed by atoms with Gasteiger partial charge in [0.15, 0.2) is 0 Å². The van der Waals surface area contributed by atoms with Crippen molar-refractivity contribution in [1.29, 1.82) is 0 Å². The first-order chi connectivity index (χ1) is 9.24. The van der Waals surface area contributed by atoms with E-state index < -0.39 is 0 Å². The van der Waals surface area contributed by atoms with Crippen LogP contribution in [0.25, 0.3) is 0 Å². The first-order valence-corrected chi connectivity index (χ1v) is 7.22. The molecule has 1 atom stereocenters. The average molecular weight is 285 g/mol. The van der Waals surface area contributed by atoms with Gasteiger partial charge in [0.2, 0.25) is 5.91 Å². The highest BCUT2D eigenvalue weighted by Crippen LogP contribution is 2.09.